The van der Waals surface area contributed by atoms with E-state index in [4.69, 9.17) is 21.4 Å². The molecule has 21 heavy (non-hydrogen) atoms. The van der Waals surface area contributed by atoms with Gasteiger partial charge in [-0.15, -0.1) is 0 Å². The minimum atomic E-state index is -0.370. The van der Waals surface area contributed by atoms with Gasteiger partial charge in [0.2, 0.25) is 0 Å². The Labute approximate surface area is 127 Å². The van der Waals surface area contributed by atoms with E-state index >= 15 is 0 Å². The van der Waals surface area contributed by atoms with E-state index < -0.39 is 0 Å². The fourth-order valence-corrected chi connectivity index (χ4v) is 2.03. The Morgan fingerprint density at radius 2 is 1.81 bits per heavy atom. The van der Waals surface area contributed by atoms with E-state index in [1.54, 1.807) is 42.5 Å². The maximum Gasteiger partial charge on any atom is 0.337 e. The van der Waals surface area contributed by atoms with Gasteiger partial charge in [-0.3, -0.25) is 0 Å². The molecule has 0 atom stereocenters. The summed E-state index contributed by atoms with van der Waals surface area (Å²) >= 11 is 6.06. The fraction of sp³-hybridized carbons (Fsp3) is 0.188. The maximum absolute atomic E-state index is 11.3. The van der Waals surface area contributed by atoms with Gasteiger partial charge in [0, 0.05) is 0 Å². The molecule has 2 rings (SSSR count). The average molecular weight is 307 g/mol. The highest BCUT2D eigenvalue weighted by Crippen LogP contribution is 2.26. The largest absolute Gasteiger partial charge is 0.487 e. The zero-order valence-electron chi connectivity index (χ0n) is 11.5. The first-order valence-electron chi connectivity index (χ1n) is 6.33. The van der Waals surface area contributed by atoms with Gasteiger partial charge in [-0.25, -0.2) is 4.79 Å². The molecular weight excluding hydrogens is 292 g/mol. The molecule has 0 radical (unpaired) electrons. The van der Waals surface area contributed by atoms with E-state index in [0.717, 1.165) is 11.1 Å². The van der Waals surface area contributed by atoms with Gasteiger partial charge in [-0.05, 0) is 35.4 Å². The number of carbonyl (C=O) groups is 1. The van der Waals surface area contributed by atoms with E-state index in [1.165, 1.54) is 7.11 Å². The summed E-state index contributed by atoms with van der Waals surface area (Å²) in [6.07, 6.45) is 0. The molecule has 4 nitrogen and oxygen atoms in total. The Balaban J connectivity index is 2.01. The number of halogens is 1. The van der Waals surface area contributed by atoms with E-state index in [-0.39, 0.29) is 12.6 Å². The second-order valence-corrected chi connectivity index (χ2v) is 4.81. The van der Waals surface area contributed by atoms with Crippen LogP contribution in [0.4, 0.5) is 0 Å². The number of methoxy groups -OCH3 is 1. The van der Waals surface area contributed by atoms with Gasteiger partial charge in [0.25, 0.3) is 0 Å². The summed E-state index contributed by atoms with van der Waals surface area (Å²) in [6, 6.07) is 12.1. The van der Waals surface area contributed by atoms with Crippen molar-refractivity contribution in [3.8, 4) is 5.75 Å². The van der Waals surface area contributed by atoms with Crippen molar-refractivity contribution < 1.29 is 19.4 Å². The van der Waals surface area contributed by atoms with Crippen LogP contribution in [0.2, 0.25) is 5.02 Å². The van der Waals surface area contributed by atoms with Crippen molar-refractivity contribution in [2.45, 2.75) is 13.2 Å². The predicted molar refractivity (Wildman–Crippen MR) is 79.5 cm³/mol. The summed E-state index contributed by atoms with van der Waals surface area (Å²) in [7, 11) is 1.34. The lowest BCUT2D eigenvalue weighted by Crippen LogP contribution is -2.02. The quantitative estimate of drug-likeness (QED) is 0.862. The lowest BCUT2D eigenvalue weighted by Gasteiger charge is -2.09. The van der Waals surface area contributed by atoms with Crippen LogP contribution in [0.5, 0.6) is 5.75 Å². The normalized spacial score (nSPS) is 10.2. The number of aliphatic hydroxyl groups is 1. The van der Waals surface area contributed by atoms with Crippen LogP contribution >= 0.6 is 11.6 Å². The summed E-state index contributed by atoms with van der Waals surface area (Å²) in [6.45, 7) is 0.272. The molecule has 0 unspecified atom stereocenters. The molecule has 0 saturated carbocycles. The number of ether oxygens (including phenoxy) is 2. The van der Waals surface area contributed by atoms with Crippen LogP contribution in [-0.2, 0) is 18.0 Å². The zero-order valence-corrected chi connectivity index (χ0v) is 12.3. The summed E-state index contributed by atoms with van der Waals surface area (Å²) in [5.41, 5.74) is 2.13. The van der Waals surface area contributed by atoms with Crippen LogP contribution in [0.3, 0.4) is 0 Å². The molecule has 0 aliphatic rings. The predicted octanol–water partition coefficient (Wildman–Crippen LogP) is 3.20. The molecule has 0 aliphatic carbocycles. The molecule has 110 valence electrons. The molecule has 2 aromatic rings. The fourth-order valence-electron chi connectivity index (χ4n) is 1.78. The van der Waals surface area contributed by atoms with Crippen molar-refractivity contribution in [3.05, 3.63) is 64.2 Å². The van der Waals surface area contributed by atoms with Crippen molar-refractivity contribution in [1.82, 2.24) is 0 Å². The Morgan fingerprint density at radius 1 is 1.14 bits per heavy atom. The Hall–Kier alpha value is -2.04. The lowest BCUT2D eigenvalue weighted by atomic mass is 10.1. The van der Waals surface area contributed by atoms with Gasteiger partial charge in [-0.2, -0.15) is 0 Å². The lowest BCUT2D eigenvalue weighted by molar-refractivity contribution is 0.0600. The molecule has 0 bridgehead atoms. The average Bonchev–Trinajstić information content (AvgIpc) is 2.53. The summed E-state index contributed by atoms with van der Waals surface area (Å²) in [4.78, 5) is 11.3. The van der Waals surface area contributed by atoms with Gasteiger partial charge >= 0.3 is 5.97 Å². The molecule has 0 aliphatic heterocycles. The smallest absolute Gasteiger partial charge is 0.337 e. The van der Waals surface area contributed by atoms with Crippen LogP contribution in [0.15, 0.2) is 42.5 Å². The monoisotopic (exact) mass is 306 g/mol. The zero-order chi connectivity index (χ0) is 15.2. The van der Waals surface area contributed by atoms with Crippen molar-refractivity contribution in [2.24, 2.45) is 0 Å². The molecule has 0 saturated heterocycles. The van der Waals surface area contributed by atoms with Crippen molar-refractivity contribution in [3.63, 3.8) is 0 Å². The molecule has 0 fully saturated rings. The maximum atomic E-state index is 11.3. The second kappa shape index (κ2) is 7.11. The number of hydrogen-bond donors (Lipinski definition) is 1. The summed E-state index contributed by atoms with van der Waals surface area (Å²) in [5, 5.41) is 9.47. The molecular formula is C16H15ClO4. The van der Waals surface area contributed by atoms with Gasteiger partial charge < -0.3 is 14.6 Å². The van der Waals surface area contributed by atoms with Crippen molar-refractivity contribution in [2.75, 3.05) is 7.11 Å². The van der Waals surface area contributed by atoms with Gasteiger partial charge in [0.1, 0.15) is 12.4 Å². The van der Waals surface area contributed by atoms with Crippen LogP contribution in [0, 0.1) is 0 Å². The third kappa shape index (κ3) is 3.97. The number of aliphatic hydroxyl groups excluding tert-OH is 1. The third-order valence-corrected chi connectivity index (χ3v) is 3.24. The molecule has 0 heterocycles. The topological polar surface area (TPSA) is 55.8 Å². The highest BCUT2D eigenvalue weighted by Gasteiger charge is 2.06. The van der Waals surface area contributed by atoms with Crippen LogP contribution in [-0.4, -0.2) is 18.2 Å². The van der Waals surface area contributed by atoms with Crippen molar-refractivity contribution >= 4 is 17.6 Å². The van der Waals surface area contributed by atoms with Gasteiger partial charge in [0.05, 0.1) is 24.3 Å². The van der Waals surface area contributed by atoms with Crippen LogP contribution < -0.4 is 4.74 Å². The van der Waals surface area contributed by atoms with E-state index in [9.17, 15) is 4.79 Å². The molecule has 1 N–H and O–H groups in total. The van der Waals surface area contributed by atoms with Gasteiger partial charge in [-0.1, -0.05) is 29.8 Å². The number of esters is 1. The van der Waals surface area contributed by atoms with Crippen molar-refractivity contribution in [1.29, 1.82) is 0 Å². The SMILES string of the molecule is COC(=O)c1ccc(COc2ccc(CO)cc2Cl)cc1. The highest BCUT2D eigenvalue weighted by molar-refractivity contribution is 6.32. The minimum Gasteiger partial charge on any atom is -0.487 e. The van der Waals surface area contributed by atoms with E-state index in [1.807, 2.05) is 0 Å². The van der Waals surface area contributed by atoms with Crippen LogP contribution in [0.1, 0.15) is 21.5 Å². The van der Waals surface area contributed by atoms with E-state index in [0.29, 0.717) is 22.9 Å². The first kappa shape index (κ1) is 15.4. The first-order valence-corrected chi connectivity index (χ1v) is 6.71. The molecule has 0 aromatic heterocycles. The molecule has 0 spiro atoms. The molecule has 0 amide bonds. The molecule has 5 heteroatoms. The Bertz CT molecular complexity index is 623. The standard InChI is InChI=1S/C16H15ClO4/c1-20-16(19)13-5-2-11(3-6-13)10-21-15-7-4-12(9-18)8-14(15)17/h2-8,18H,9-10H2,1H3. The van der Waals surface area contributed by atoms with E-state index in [2.05, 4.69) is 4.74 Å². The first-order chi connectivity index (χ1) is 10.1. The third-order valence-electron chi connectivity index (χ3n) is 2.95. The second-order valence-electron chi connectivity index (χ2n) is 4.40. The Morgan fingerprint density at radius 3 is 2.38 bits per heavy atom. The minimum absolute atomic E-state index is 0.0605. The number of carbonyl (C=O) groups excluding carboxylic acids is 1. The van der Waals surface area contributed by atoms with Crippen LogP contribution in [0.25, 0.3) is 0 Å². The molecule has 2 aromatic carbocycles. The highest BCUT2D eigenvalue weighted by atomic mass is 35.5. The number of benzene rings is 2. The summed E-state index contributed by atoms with van der Waals surface area (Å²) < 4.78 is 10.3. The number of rotatable bonds is 5. The Kier molecular flexibility index (Phi) is 5.20. The summed E-state index contributed by atoms with van der Waals surface area (Å²) in [5.74, 6) is 0.177. The van der Waals surface area contributed by atoms with Gasteiger partial charge in [0.15, 0.2) is 0 Å². The number of hydrogen-bond acceptors (Lipinski definition) is 4.